The van der Waals surface area contributed by atoms with Crippen molar-refractivity contribution < 1.29 is 23.9 Å². The zero-order valence-corrected chi connectivity index (χ0v) is 14.5. The van der Waals surface area contributed by atoms with Crippen LogP contribution in [0.3, 0.4) is 0 Å². The van der Waals surface area contributed by atoms with Crippen LogP contribution in [0.25, 0.3) is 0 Å². The minimum Gasteiger partial charge on any atom is -0.482 e. The molecule has 1 aromatic rings. The summed E-state index contributed by atoms with van der Waals surface area (Å²) in [6, 6.07) is 6.79. The number of nitrogens with one attached hydrogen (secondary N) is 2. The number of para-hydroxylation sites is 1. The fraction of sp³-hybridized carbons (Fsp3) is 0.471. The lowest BCUT2D eigenvalue weighted by atomic mass is 9.86. The third-order valence-corrected chi connectivity index (χ3v) is 3.00. The summed E-state index contributed by atoms with van der Waals surface area (Å²) in [5.41, 5.74) is 0.833. The molecule has 0 aromatic heterocycles. The van der Waals surface area contributed by atoms with Crippen molar-refractivity contribution in [2.75, 3.05) is 19.8 Å². The third kappa shape index (κ3) is 6.68. The molecule has 3 amide bonds. The number of rotatable bonds is 6. The van der Waals surface area contributed by atoms with Gasteiger partial charge in [-0.2, -0.15) is 0 Å². The summed E-state index contributed by atoms with van der Waals surface area (Å²) in [7, 11) is 0. The molecule has 132 valence electrons. The molecule has 1 aromatic carbocycles. The van der Waals surface area contributed by atoms with Crippen molar-refractivity contribution in [3.8, 4) is 5.75 Å². The third-order valence-electron chi connectivity index (χ3n) is 3.00. The fourth-order valence-corrected chi connectivity index (χ4v) is 1.90. The van der Waals surface area contributed by atoms with Crippen molar-refractivity contribution in [3.05, 3.63) is 29.8 Å². The molecule has 0 bridgehead atoms. The van der Waals surface area contributed by atoms with Gasteiger partial charge in [0.25, 0.3) is 5.91 Å². The maximum atomic E-state index is 11.7. The topological polar surface area (TPSA) is 93.7 Å². The molecule has 0 fully saturated rings. The molecule has 7 nitrogen and oxygen atoms in total. The number of esters is 1. The Kier molecular flexibility index (Phi) is 7.23. The normalized spacial score (nSPS) is 10.7. The first-order valence-corrected chi connectivity index (χ1v) is 7.69. The number of benzene rings is 1. The maximum Gasteiger partial charge on any atom is 0.344 e. The minimum atomic E-state index is -0.704. The molecule has 0 aliphatic carbocycles. The van der Waals surface area contributed by atoms with Crippen LogP contribution in [0.15, 0.2) is 24.3 Å². The van der Waals surface area contributed by atoms with Crippen molar-refractivity contribution >= 4 is 17.9 Å². The first-order chi connectivity index (χ1) is 11.2. The SMILES string of the molecule is CCNC(=O)NC(=O)COC(=O)COc1ccccc1C(C)(C)C. The largest absolute Gasteiger partial charge is 0.482 e. The highest BCUT2D eigenvalue weighted by Crippen LogP contribution is 2.30. The standard InChI is InChI=1S/C17H24N2O5/c1-5-18-16(22)19-14(20)10-24-15(21)11-23-13-9-7-6-8-12(13)17(2,3)4/h6-9H,5,10-11H2,1-4H3,(H2,18,19,20,22). The second-order valence-electron chi connectivity index (χ2n) is 6.10. The van der Waals surface area contributed by atoms with Crippen LogP contribution in [-0.2, 0) is 19.7 Å². The van der Waals surface area contributed by atoms with Gasteiger partial charge in [-0.25, -0.2) is 9.59 Å². The van der Waals surface area contributed by atoms with Gasteiger partial charge < -0.3 is 14.8 Å². The van der Waals surface area contributed by atoms with Gasteiger partial charge in [0.2, 0.25) is 0 Å². The molecule has 2 N–H and O–H groups in total. The summed E-state index contributed by atoms with van der Waals surface area (Å²) in [6.07, 6.45) is 0. The molecular formula is C17H24N2O5. The van der Waals surface area contributed by atoms with E-state index in [0.29, 0.717) is 12.3 Å². The molecule has 0 unspecified atom stereocenters. The van der Waals surface area contributed by atoms with Crippen LogP contribution in [0.2, 0.25) is 0 Å². The Morgan fingerprint density at radius 1 is 1.08 bits per heavy atom. The molecule has 0 atom stereocenters. The van der Waals surface area contributed by atoms with E-state index < -0.39 is 24.5 Å². The molecule has 0 spiro atoms. The molecule has 0 saturated heterocycles. The van der Waals surface area contributed by atoms with Crippen molar-refractivity contribution in [2.24, 2.45) is 0 Å². The van der Waals surface area contributed by atoms with Gasteiger partial charge in [0.05, 0.1) is 0 Å². The quantitative estimate of drug-likeness (QED) is 0.772. The van der Waals surface area contributed by atoms with Crippen LogP contribution >= 0.6 is 0 Å². The molecule has 24 heavy (non-hydrogen) atoms. The van der Waals surface area contributed by atoms with Crippen LogP contribution in [-0.4, -0.2) is 37.7 Å². The zero-order valence-electron chi connectivity index (χ0n) is 14.5. The molecule has 0 aliphatic rings. The Morgan fingerprint density at radius 2 is 1.75 bits per heavy atom. The van der Waals surface area contributed by atoms with Gasteiger partial charge in [-0.1, -0.05) is 39.0 Å². The van der Waals surface area contributed by atoms with Crippen LogP contribution in [0.5, 0.6) is 5.75 Å². The van der Waals surface area contributed by atoms with Crippen LogP contribution in [0, 0.1) is 0 Å². The molecule has 7 heteroatoms. The zero-order chi connectivity index (χ0) is 18.2. The highest BCUT2D eigenvalue weighted by atomic mass is 16.6. The first kappa shape index (κ1) is 19.5. The highest BCUT2D eigenvalue weighted by molar-refractivity contribution is 5.95. The highest BCUT2D eigenvalue weighted by Gasteiger charge is 2.19. The van der Waals surface area contributed by atoms with Crippen molar-refractivity contribution in [1.29, 1.82) is 0 Å². The van der Waals surface area contributed by atoms with Crippen molar-refractivity contribution in [3.63, 3.8) is 0 Å². The van der Waals surface area contributed by atoms with E-state index >= 15 is 0 Å². The first-order valence-electron chi connectivity index (χ1n) is 7.69. The predicted molar refractivity (Wildman–Crippen MR) is 88.8 cm³/mol. The number of urea groups is 1. The number of hydrogen-bond donors (Lipinski definition) is 2. The molecule has 1 rings (SSSR count). The number of amides is 3. The molecule has 0 saturated carbocycles. The summed E-state index contributed by atoms with van der Waals surface area (Å²) in [5, 5.41) is 4.43. The number of imide groups is 1. The smallest absolute Gasteiger partial charge is 0.344 e. The Labute approximate surface area is 141 Å². The van der Waals surface area contributed by atoms with Gasteiger partial charge in [0, 0.05) is 6.54 Å². The van der Waals surface area contributed by atoms with Crippen molar-refractivity contribution in [2.45, 2.75) is 33.1 Å². The summed E-state index contributed by atoms with van der Waals surface area (Å²) in [5.74, 6) is -0.803. The molecule has 0 heterocycles. The van der Waals surface area contributed by atoms with Gasteiger partial charge >= 0.3 is 12.0 Å². The van der Waals surface area contributed by atoms with Crippen LogP contribution in [0.1, 0.15) is 33.3 Å². The van der Waals surface area contributed by atoms with E-state index in [1.807, 2.05) is 44.3 Å². The number of ether oxygens (including phenoxy) is 2. The van der Waals surface area contributed by atoms with E-state index in [0.717, 1.165) is 5.56 Å². The fourth-order valence-electron chi connectivity index (χ4n) is 1.90. The summed E-state index contributed by atoms with van der Waals surface area (Å²) in [4.78, 5) is 34.2. The average Bonchev–Trinajstić information content (AvgIpc) is 2.50. The molecule has 0 aliphatic heterocycles. The van der Waals surface area contributed by atoms with Gasteiger partial charge in [0.15, 0.2) is 13.2 Å². The minimum absolute atomic E-state index is 0.132. The van der Waals surface area contributed by atoms with Gasteiger partial charge in [-0.15, -0.1) is 0 Å². The average molecular weight is 336 g/mol. The lowest BCUT2D eigenvalue weighted by molar-refractivity contribution is -0.150. The Hall–Kier alpha value is -2.57. The van der Waals surface area contributed by atoms with Crippen molar-refractivity contribution in [1.82, 2.24) is 10.6 Å². The lowest BCUT2D eigenvalue weighted by Crippen LogP contribution is -2.41. The lowest BCUT2D eigenvalue weighted by Gasteiger charge is -2.22. The summed E-state index contributed by atoms with van der Waals surface area (Å²) in [6.45, 7) is 7.37. The molecule has 0 radical (unpaired) electrons. The predicted octanol–water partition coefficient (Wildman–Crippen LogP) is 1.75. The van der Waals surface area contributed by atoms with Crippen LogP contribution < -0.4 is 15.4 Å². The van der Waals surface area contributed by atoms with E-state index in [2.05, 4.69) is 5.32 Å². The van der Waals surface area contributed by atoms with Gasteiger partial charge in [-0.3, -0.25) is 10.1 Å². The summed E-state index contributed by atoms with van der Waals surface area (Å²) >= 11 is 0. The monoisotopic (exact) mass is 336 g/mol. The summed E-state index contributed by atoms with van der Waals surface area (Å²) < 4.78 is 10.3. The second kappa shape index (κ2) is 8.90. The number of carbonyl (C=O) groups is 3. The van der Waals surface area contributed by atoms with Gasteiger partial charge in [-0.05, 0) is 24.0 Å². The van der Waals surface area contributed by atoms with Crippen LogP contribution in [0.4, 0.5) is 4.79 Å². The van der Waals surface area contributed by atoms with E-state index in [9.17, 15) is 14.4 Å². The number of carbonyl (C=O) groups excluding carboxylic acids is 3. The number of hydrogen-bond acceptors (Lipinski definition) is 5. The maximum absolute atomic E-state index is 11.7. The van der Waals surface area contributed by atoms with Gasteiger partial charge in [0.1, 0.15) is 5.75 Å². The Bertz CT molecular complexity index is 593. The second-order valence-corrected chi connectivity index (χ2v) is 6.10. The van der Waals surface area contributed by atoms with E-state index in [-0.39, 0.29) is 12.0 Å². The van der Waals surface area contributed by atoms with E-state index in [1.54, 1.807) is 13.0 Å². The Balaban J connectivity index is 2.45. The molecular weight excluding hydrogens is 312 g/mol. The van der Waals surface area contributed by atoms with E-state index in [4.69, 9.17) is 9.47 Å². The van der Waals surface area contributed by atoms with E-state index in [1.165, 1.54) is 0 Å². The Morgan fingerprint density at radius 3 is 2.38 bits per heavy atom.